The molecule has 0 radical (unpaired) electrons. The molecule has 0 bridgehead atoms. The van der Waals surface area contributed by atoms with Gasteiger partial charge in [-0.2, -0.15) is 0 Å². The Morgan fingerprint density at radius 1 is 1.24 bits per heavy atom. The number of thiazole rings is 1. The third-order valence-corrected chi connectivity index (χ3v) is 4.64. The summed E-state index contributed by atoms with van der Waals surface area (Å²) < 4.78 is 12.7. The van der Waals surface area contributed by atoms with E-state index in [1.54, 1.807) is 31.8 Å². The van der Waals surface area contributed by atoms with E-state index < -0.39 is 0 Å². The lowest BCUT2D eigenvalue weighted by Gasteiger charge is -2.10. The molecule has 0 saturated carbocycles. The first-order chi connectivity index (χ1) is 10.2. The van der Waals surface area contributed by atoms with E-state index in [1.807, 2.05) is 22.6 Å². The number of methoxy groups -OCH3 is 2. The van der Waals surface area contributed by atoms with Gasteiger partial charge in [-0.1, -0.05) is 6.92 Å². The van der Waals surface area contributed by atoms with Crippen molar-refractivity contribution in [2.45, 2.75) is 13.3 Å². The molecule has 0 unspecified atom stereocenters. The molecule has 3 aromatic rings. The predicted molar refractivity (Wildman–Crippen MR) is 85.4 cm³/mol. The normalized spacial score (nSPS) is 11.0. The highest BCUT2D eigenvalue weighted by Gasteiger charge is 2.17. The quantitative estimate of drug-likeness (QED) is 0.804. The molecule has 0 amide bonds. The zero-order valence-corrected chi connectivity index (χ0v) is 13.0. The van der Waals surface area contributed by atoms with Gasteiger partial charge in [0.15, 0.2) is 16.5 Å². The summed E-state index contributed by atoms with van der Waals surface area (Å²) in [5, 5.41) is 0. The minimum absolute atomic E-state index is 0.644. The zero-order chi connectivity index (χ0) is 15.0. The van der Waals surface area contributed by atoms with Crippen LogP contribution in [0.2, 0.25) is 0 Å². The van der Waals surface area contributed by atoms with Gasteiger partial charge in [-0.25, -0.2) is 4.98 Å². The van der Waals surface area contributed by atoms with E-state index >= 15 is 0 Å². The number of aryl methyl sites for hydroxylation is 1. The molecule has 0 aliphatic carbocycles. The predicted octanol–water partition coefficient (Wildman–Crippen LogP) is 3.22. The maximum absolute atomic E-state index is 6.06. The molecule has 3 rings (SSSR count). The summed E-state index contributed by atoms with van der Waals surface area (Å²) in [6, 6.07) is 5.89. The highest BCUT2D eigenvalue weighted by atomic mass is 32.1. The Kier molecular flexibility index (Phi) is 3.47. The smallest absolute Gasteiger partial charge is 0.196 e. The largest absolute Gasteiger partial charge is 0.493 e. The number of hydrogen-bond donors (Lipinski definition) is 1. The fourth-order valence-corrected chi connectivity index (χ4v) is 3.50. The van der Waals surface area contributed by atoms with Crippen LogP contribution in [0.15, 0.2) is 24.4 Å². The maximum Gasteiger partial charge on any atom is 0.196 e. The molecule has 0 fully saturated rings. The van der Waals surface area contributed by atoms with Crippen molar-refractivity contribution in [1.29, 1.82) is 0 Å². The van der Waals surface area contributed by atoms with Gasteiger partial charge >= 0.3 is 0 Å². The number of benzene rings is 1. The Balaban J connectivity index is 2.26. The average Bonchev–Trinajstić information content (AvgIpc) is 3.06. The number of imidazole rings is 1. The number of nitrogens with zero attached hydrogens (tertiary/aromatic N) is 2. The van der Waals surface area contributed by atoms with E-state index in [2.05, 4.69) is 11.9 Å². The van der Waals surface area contributed by atoms with Gasteiger partial charge in [0.05, 0.1) is 26.1 Å². The summed E-state index contributed by atoms with van der Waals surface area (Å²) in [6.45, 7) is 2.13. The summed E-state index contributed by atoms with van der Waals surface area (Å²) in [6.07, 6.45) is 2.62. The van der Waals surface area contributed by atoms with Crippen LogP contribution in [-0.4, -0.2) is 23.6 Å². The zero-order valence-electron chi connectivity index (χ0n) is 12.2. The first kappa shape index (κ1) is 13.8. The lowest BCUT2D eigenvalue weighted by molar-refractivity contribution is 0.355. The molecule has 6 heteroatoms. The first-order valence-electron chi connectivity index (χ1n) is 6.66. The van der Waals surface area contributed by atoms with E-state index in [9.17, 15) is 0 Å². The number of ether oxygens (including phenoxy) is 2. The van der Waals surface area contributed by atoms with Crippen molar-refractivity contribution in [3.8, 4) is 22.8 Å². The van der Waals surface area contributed by atoms with Crippen molar-refractivity contribution >= 4 is 22.1 Å². The summed E-state index contributed by atoms with van der Waals surface area (Å²) in [7, 11) is 3.27. The average molecular weight is 303 g/mol. The van der Waals surface area contributed by atoms with Crippen molar-refractivity contribution in [3.63, 3.8) is 0 Å². The molecular formula is C15H17N3O2S. The Hall–Kier alpha value is -2.21. The van der Waals surface area contributed by atoms with Gasteiger partial charge in [0.2, 0.25) is 0 Å². The molecule has 0 saturated heterocycles. The van der Waals surface area contributed by atoms with Crippen LogP contribution in [0.5, 0.6) is 11.5 Å². The molecule has 2 heterocycles. The van der Waals surface area contributed by atoms with E-state index in [1.165, 1.54) is 4.88 Å². The summed E-state index contributed by atoms with van der Waals surface area (Å²) >= 11 is 1.66. The highest BCUT2D eigenvalue weighted by molar-refractivity contribution is 7.17. The van der Waals surface area contributed by atoms with Crippen LogP contribution in [0.4, 0.5) is 5.82 Å². The van der Waals surface area contributed by atoms with E-state index in [-0.39, 0.29) is 0 Å². The summed E-state index contributed by atoms with van der Waals surface area (Å²) in [4.78, 5) is 6.51. The van der Waals surface area contributed by atoms with Gasteiger partial charge in [-0.05, 0) is 24.6 Å². The number of fused-ring (bicyclic) bond motifs is 1. The van der Waals surface area contributed by atoms with Crippen molar-refractivity contribution < 1.29 is 9.47 Å². The Morgan fingerprint density at radius 3 is 2.67 bits per heavy atom. The minimum Gasteiger partial charge on any atom is -0.493 e. The van der Waals surface area contributed by atoms with Crippen LogP contribution in [0.3, 0.4) is 0 Å². The van der Waals surface area contributed by atoms with Crippen LogP contribution in [0, 0.1) is 0 Å². The lowest BCUT2D eigenvalue weighted by Crippen LogP contribution is -1.96. The van der Waals surface area contributed by atoms with Crippen molar-refractivity contribution in [3.05, 3.63) is 29.3 Å². The molecular weight excluding hydrogens is 286 g/mol. The van der Waals surface area contributed by atoms with Crippen molar-refractivity contribution in [2.75, 3.05) is 20.0 Å². The van der Waals surface area contributed by atoms with Gasteiger partial charge < -0.3 is 15.2 Å². The molecule has 110 valence electrons. The van der Waals surface area contributed by atoms with Crippen LogP contribution in [0.1, 0.15) is 11.8 Å². The number of aromatic nitrogens is 2. The molecule has 5 nitrogen and oxygen atoms in total. The molecule has 0 aliphatic rings. The Morgan fingerprint density at radius 2 is 2.00 bits per heavy atom. The Bertz CT molecular complexity index is 792. The van der Waals surface area contributed by atoms with Gasteiger partial charge in [0.1, 0.15) is 5.82 Å². The number of nitrogens with two attached hydrogens (primary N) is 1. The van der Waals surface area contributed by atoms with E-state index in [0.717, 1.165) is 22.6 Å². The van der Waals surface area contributed by atoms with Crippen LogP contribution in [0.25, 0.3) is 16.2 Å². The summed E-state index contributed by atoms with van der Waals surface area (Å²) in [5.74, 6) is 2.06. The van der Waals surface area contributed by atoms with Crippen molar-refractivity contribution in [2.24, 2.45) is 0 Å². The third kappa shape index (κ3) is 2.12. The van der Waals surface area contributed by atoms with Crippen molar-refractivity contribution in [1.82, 2.24) is 9.38 Å². The topological polar surface area (TPSA) is 61.8 Å². The first-order valence-corrected chi connectivity index (χ1v) is 7.48. The third-order valence-electron chi connectivity index (χ3n) is 3.44. The molecule has 2 aromatic heterocycles. The molecule has 1 aromatic carbocycles. The standard InChI is InChI=1S/C15H17N3O2S/c1-4-12-14(18-13(16)8-17-15(18)21-12)9-5-6-10(19-2)11(7-9)20-3/h5-8H,4,16H2,1-3H3. The molecule has 2 N–H and O–H groups in total. The number of nitrogen functional groups attached to an aromatic ring is 1. The number of anilines is 1. The second kappa shape index (κ2) is 5.29. The fourth-order valence-electron chi connectivity index (χ4n) is 2.44. The molecule has 0 spiro atoms. The molecule has 21 heavy (non-hydrogen) atoms. The van der Waals surface area contributed by atoms with Crippen LogP contribution in [-0.2, 0) is 6.42 Å². The number of rotatable bonds is 4. The highest BCUT2D eigenvalue weighted by Crippen LogP contribution is 2.38. The molecule has 0 aliphatic heterocycles. The minimum atomic E-state index is 0.644. The van der Waals surface area contributed by atoms with Crippen LogP contribution < -0.4 is 15.2 Å². The molecule has 0 atom stereocenters. The van der Waals surface area contributed by atoms with Gasteiger partial charge in [0, 0.05) is 10.4 Å². The summed E-state index contributed by atoms with van der Waals surface area (Å²) in [5.41, 5.74) is 8.18. The lowest BCUT2D eigenvalue weighted by atomic mass is 10.1. The Labute approximate surface area is 126 Å². The second-order valence-corrected chi connectivity index (χ2v) is 5.66. The monoisotopic (exact) mass is 303 g/mol. The van der Waals surface area contributed by atoms with Gasteiger partial charge in [-0.3, -0.25) is 4.40 Å². The van der Waals surface area contributed by atoms with E-state index in [0.29, 0.717) is 17.3 Å². The van der Waals surface area contributed by atoms with Gasteiger partial charge in [-0.15, -0.1) is 11.3 Å². The van der Waals surface area contributed by atoms with Crippen LogP contribution >= 0.6 is 11.3 Å². The SMILES string of the molecule is CCc1sc2ncc(N)n2c1-c1ccc(OC)c(OC)c1. The van der Waals surface area contributed by atoms with E-state index in [4.69, 9.17) is 15.2 Å². The number of hydrogen-bond acceptors (Lipinski definition) is 5. The fraction of sp³-hybridized carbons (Fsp3) is 0.267. The second-order valence-electron chi connectivity index (χ2n) is 4.60. The van der Waals surface area contributed by atoms with Gasteiger partial charge in [0.25, 0.3) is 0 Å². The maximum atomic E-state index is 6.06.